The third-order valence-corrected chi connectivity index (χ3v) is 2.18. The number of thioether (sulfide) groups is 1. The molecule has 14 heavy (non-hydrogen) atoms. The quantitative estimate of drug-likeness (QED) is 0.732. The highest BCUT2D eigenvalue weighted by Crippen LogP contribution is 2.12. The monoisotopic (exact) mass is 214 g/mol. The minimum Gasteiger partial charge on any atom is -0.464 e. The molecule has 4 nitrogen and oxygen atoms in total. The number of hydrogen-bond donors (Lipinski definition) is 2. The Labute approximate surface area is 87.2 Å². The smallest absolute Gasteiger partial charge is 0.231 e. The zero-order valence-electron chi connectivity index (χ0n) is 8.08. The fraction of sp³-hybridized carbons (Fsp3) is 0.444. The average molecular weight is 214 g/mol. The Bertz CT molecular complexity index is 299. The molecule has 78 valence electrons. The molecule has 0 aliphatic carbocycles. The number of nitrogens with two attached hydrogens (primary N) is 1. The Hall–Kier alpha value is -0.940. The van der Waals surface area contributed by atoms with Crippen molar-refractivity contribution in [1.82, 2.24) is 5.32 Å². The molecule has 1 amide bonds. The summed E-state index contributed by atoms with van der Waals surface area (Å²) in [7, 11) is 0. The molecule has 0 aliphatic rings. The Morgan fingerprint density at radius 3 is 2.93 bits per heavy atom. The summed E-state index contributed by atoms with van der Waals surface area (Å²) in [5, 5.41) is 2.88. The lowest BCUT2D eigenvalue weighted by Crippen LogP contribution is -2.27. The summed E-state index contributed by atoms with van der Waals surface area (Å²) >= 11 is 1.71. The number of carbonyl (C=O) groups is 1. The second-order valence-electron chi connectivity index (χ2n) is 2.87. The molecule has 0 aromatic carbocycles. The van der Waals surface area contributed by atoms with Crippen LogP contribution in [-0.4, -0.2) is 18.7 Å². The normalized spacial score (nSPS) is 10.4. The van der Waals surface area contributed by atoms with Crippen LogP contribution in [0.3, 0.4) is 0 Å². The maximum absolute atomic E-state index is 10.4. The molecule has 3 N–H and O–H groups in total. The lowest BCUT2D eigenvalue weighted by Gasteiger charge is -1.98. The third kappa shape index (κ3) is 3.85. The SMILES string of the molecule is CSCc1ccc(CNCC(N)=O)o1. The molecule has 1 heterocycles. The predicted octanol–water partition coefficient (Wildman–Crippen LogP) is 0.718. The van der Waals surface area contributed by atoms with Gasteiger partial charge in [-0.2, -0.15) is 11.8 Å². The zero-order valence-corrected chi connectivity index (χ0v) is 8.89. The van der Waals surface area contributed by atoms with E-state index in [2.05, 4.69) is 5.32 Å². The van der Waals surface area contributed by atoms with E-state index in [1.165, 1.54) is 0 Å². The summed E-state index contributed by atoms with van der Waals surface area (Å²) in [6.45, 7) is 0.718. The number of primary amides is 1. The number of hydrogen-bond acceptors (Lipinski definition) is 4. The summed E-state index contributed by atoms with van der Waals surface area (Å²) in [5.41, 5.74) is 4.97. The predicted molar refractivity (Wildman–Crippen MR) is 56.8 cm³/mol. The molecule has 0 bridgehead atoms. The molecule has 0 fully saturated rings. The van der Waals surface area contributed by atoms with Gasteiger partial charge < -0.3 is 15.5 Å². The Morgan fingerprint density at radius 2 is 2.29 bits per heavy atom. The molecule has 5 heteroatoms. The number of rotatable bonds is 6. The van der Waals surface area contributed by atoms with E-state index >= 15 is 0 Å². The number of nitrogens with one attached hydrogen (secondary N) is 1. The Kier molecular flexibility index (Phi) is 4.55. The second kappa shape index (κ2) is 5.72. The van der Waals surface area contributed by atoms with Crippen molar-refractivity contribution < 1.29 is 9.21 Å². The van der Waals surface area contributed by atoms with E-state index in [1.54, 1.807) is 11.8 Å². The highest BCUT2D eigenvalue weighted by atomic mass is 32.2. The topological polar surface area (TPSA) is 68.3 Å². The zero-order chi connectivity index (χ0) is 10.4. The fourth-order valence-electron chi connectivity index (χ4n) is 1.05. The Morgan fingerprint density at radius 1 is 1.57 bits per heavy atom. The van der Waals surface area contributed by atoms with Crippen LogP contribution in [0.1, 0.15) is 11.5 Å². The molecule has 1 aromatic heterocycles. The molecule has 0 radical (unpaired) electrons. The highest BCUT2D eigenvalue weighted by Gasteiger charge is 2.01. The maximum Gasteiger partial charge on any atom is 0.231 e. The van der Waals surface area contributed by atoms with Crippen LogP contribution in [0.5, 0.6) is 0 Å². The summed E-state index contributed by atoms with van der Waals surface area (Å²) in [5.74, 6) is 2.29. The van der Waals surface area contributed by atoms with E-state index in [-0.39, 0.29) is 12.5 Å². The summed E-state index contributed by atoms with van der Waals surface area (Å²) in [6.07, 6.45) is 2.02. The molecule has 0 saturated heterocycles. The van der Waals surface area contributed by atoms with Gasteiger partial charge in [-0.1, -0.05) is 0 Å². The van der Waals surface area contributed by atoms with E-state index in [1.807, 2.05) is 18.4 Å². The van der Waals surface area contributed by atoms with Crippen molar-refractivity contribution in [2.75, 3.05) is 12.8 Å². The molecule has 0 aliphatic heterocycles. The molecular weight excluding hydrogens is 200 g/mol. The Balaban J connectivity index is 2.32. The fourth-order valence-corrected chi connectivity index (χ4v) is 1.49. The van der Waals surface area contributed by atoms with Gasteiger partial charge in [0.05, 0.1) is 18.8 Å². The number of furan rings is 1. The van der Waals surface area contributed by atoms with E-state index < -0.39 is 0 Å². The lowest BCUT2D eigenvalue weighted by molar-refractivity contribution is -0.117. The molecule has 0 spiro atoms. The van der Waals surface area contributed by atoms with E-state index in [4.69, 9.17) is 10.2 Å². The molecule has 1 rings (SSSR count). The highest BCUT2D eigenvalue weighted by molar-refractivity contribution is 7.97. The van der Waals surface area contributed by atoms with Gasteiger partial charge in [-0.15, -0.1) is 0 Å². The van der Waals surface area contributed by atoms with Crippen molar-refractivity contribution in [3.63, 3.8) is 0 Å². The number of carbonyl (C=O) groups excluding carboxylic acids is 1. The molecule has 0 saturated carbocycles. The average Bonchev–Trinajstić information content (AvgIpc) is 2.53. The van der Waals surface area contributed by atoms with Crippen LogP contribution >= 0.6 is 11.8 Å². The van der Waals surface area contributed by atoms with Gasteiger partial charge in [-0.25, -0.2) is 0 Å². The second-order valence-corrected chi connectivity index (χ2v) is 3.74. The maximum atomic E-state index is 10.4. The summed E-state index contributed by atoms with van der Waals surface area (Å²) in [4.78, 5) is 10.4. The van der Waals surface area contributed by atoms with E-state index in [0.717, 1.165) is 17.3 Å². The minimum absolute atomic E-state index is 0.179. The summed E-state index contributed by atoms with van der Waals surface area (Å²) in [6, 6.07) is 3.84. The van der Waals surface area contributed by atoms with Gasteiger partial charge in [0.15, 0.2) is 0 Å². The van der Waals surface area contributed by atoms with Crippen LogP contribution in [0.25, 0.3) is 0 Å². The van der Waals surface area contributed by atoms with Gasteiger partial charge >= 0.3 is 0 Å². The van der Waals surface area contributed by atoms with E-state index in [9.17, 15) is 4.79 Å². The number of amides is 1. The van der Waals surface area contributed by atoms with Crippen molar-refractivity contribution in [2.24, 2.45) is 5.73 Å². The van der Waals surface area contributed by atoms with Gasteiger partial charge in [-0.05, 0) is 18.4 Å². The molecular formula is C9H14N2O2S. The lowest BCUT2D eigenvalue weighted by atomic mass is 10.4. The van der Waals surface area contributed by atoms with Crippen LogP contribution in [-0.2, 0) is 17.1 Å². The van der Waals surface area contributed by atoms with Gasteiger partial charge in [-0.3, -0.25) is 4.79 Å². The standard InChI is InChI=1S/C9H14N2O2S/c1-14-6-8-3-2-7(13-8)4-11-5-9(10)12/h2-3,11H,4-6H2,1H3,(H2,10,12). The van der Waals surface area contributed by atoms with Crippen LogP contribution in [0.4, 0.5) is 0 Å². The van der Waals surface area contributed by atoms with Crippen molar-refractivity contribution in [2.45, 2.75) is 12.3 Å². The van der Waals surface area contributed by atoms with Crippen molar-refractivity contribution >= 4 is 17.7 Å². The molecule has 1 aromatic rings. The van der Waals surface area contributed by atoms with E-state index in [0.29, 0.717) is 6.54 Å². The minimum atomic E-state index is -0.360. The molecule has 0 unspecified atom stereocenters. The van der Waals surface area contributed by atoms with Crippen molar-refractivity contribution in [3.05, 3.63) is 23.7 Å². The molecule has 0 atom stereocenters. The first-order chi connectivity index (χ1) is 6.72. The van der Waals surface area contributed by atoms with Crippen LogP contribution in [0.2, 0.25) is 0 Å². The first kappa shape index (κ1) is 11.1. The summed E-state index contributed by atoms with van der Waals surface area (Å²) < 4.78 is 5.47. The first-order valence-corrected chi connectivity index (χ1v) is 5.67. The third-order valence-electron chi connectivity index (χ3n) is 1.60. The largest absolute Gasteiger partial charge is 0.464 e. The van der Waals surface area contributed by atoms with Gasteiger partial charge in [0.1, 0.15) is 11.5 Å². The van der Waals surface area contributed by atoms with Crippen LogP contribution in [0, 0.1) is 0 Å². The van der Waals surface area contributed by atoms with Crippen molar-refractivity contribution in [1.29, 1.82) is 0 Å². The van der Waals surface area contributed by atoms with Gasteiger partial charge in [0.2, 0.25) is 5.91 Å². The van der Waals surface area contributed by atoms with Crippen molar-refractivity contribution in [3.8, 4) is 0 Å². The van der Waals surface area contributed by atoms with Crippen LogP contribution in [0.15, 0.2) is 16.5 Å². The van der Waals surface area contributed by atoms with Crippen LogP contribution < -0.4 is 11.1 Å². The van der Waals surface area contributed by atoms with Gasteiger partial charge in [0, 0.05) is 0 Å². The van der Waals surface area contributed by atoms with Gasteiger partial charge in [0.25, 0.3) is 0 Å². The first-order valence-electron chi connectivity index (χ1n) is 4.28.